The van der Waals surface area contributed by atoms with E-state index in [2.05, 4.69) is 23.6 Å². The number of aliphatic hydroxyl groups is 1. The maximum absolute atomic E-state index is 10.2. The molecule has 0 aromatic carbocycles. The van der Waals surface area contributed by atoms with Crippen molar-refractivity contribution >= 4 is 0 Å². The summed E-state index contributed by atoms with van der Waals surface area (Å²) in [6.45, 7) is 7.01. The number of hydrogen-bond donors (Lipinski definition) is 1. The lowest BCUT2D eigenvalue weighted by Gasteiger charge is -2.33. The van der Waals surface area contributed by atoms with Gasteiger partial charge in [-0.15, -0.1) is 0 Å². The summed E-state index contributed by atoms with van der Waals surface area (Å²) >= 11 is 0. The van der Waals surface area contributed by atoms with Crippen LogP contribution in [0.2, 0.25) is 0 Å². The van der Waals surface area contributed by atoms with Crippen molar-refractivity contribution in [3.63, 3.8) is 0 Å². The summed E-state index contributed by atoms with van der Waals surface area (Å²) in [5.41, 5.74) is 3.36. The van der Waals surface area contributed by atoms with Crippen LogP contribution in [0, 0.1) is 12.3 Å². The molecule has 2 aromatic heterocycles. The molecule has 3 rings (SSSR count). The third-order valence-corrected chi connectivity index (χ3v) is 3.87. The Bertz CT molecular complexity index is 595. The Morgan fingerprint density at radius 1 is 1.53 bits per heavy atom. The lowest BCUT2D eigenvalue weighted by atomic mass is 9.75. The van der Waals surface area contributed by atoms with Crippen molar-refractivity contribution in [2.45, 2.75) is 46.3 Å². The Morgan fingerprint density at radius 2 is 2.32 bits per heavy atom. The van der Waals surface area contributed by atoms with Gasteiger partial charge in [-0.2, -0.15) is 0 Å². The second-order valence-electron chi connectivity index (χ2n) is 6.34. The molecule has 1 aliphatic carbocycles. The maximum Gasteiger partial charge on any atom is 0.133 e. The number of hydrogen-bond acceptors (Lipinski definition) is 3. The van der Waals surface area contributed by atoms with E-state index < -0.39 is 0 Å². The normalized spacial score (nSPS) is 21.4. The van der Waals surface area contributed by atoms with Gasteiger partial charge < -0.3 is 14.2 Å². The molecule has 0 amide bonds. The standard InChI is InChI=1S/C15H20N2O2/c1-10-6-11(16-19-10)9-17-5-4-12-13(17)7-15(2,3)8-14(12)18/h4-6,14,18H,7-9H2,1-3H3. The molecule has 0 bridgehead atoms. The third kappa shape index (κ3) is 2.32. The van der Waals surface area contributed by atoms with Crippen molar-refractivity contribution < 1.29 is 9.63 Å². The molecule has 2 aromatic rings. The van der Waals surface area contributed by atoms with Gasteiger partial charge in [0, 0.05) is 23.5 Å². The molecular weight excluding hydrogens is 240 g/mol. The monoisotopic (exact) mass is 260 g/mol. The van der Waals surface area contributed by atoms with Crippen molar-refractivity contribution in [1.82, 2.24) is 9.72 Å². The molecule has 4 nitrogen and oxygen atoms in total. The Balaban J connectivity index is 1.92. The molecule has 1 atom stereocenters. The fourth-order valence-electron chi connectivity index (χ4n) is 3.00. The van der Waals surface area contributed by atoms with Crippen LogP contribution in [0.3, 0.4) is 0 Å². The molecule has 102 valence electrons. The van der Waals surface area contributed by atoms with Gasteiger partial charge in [0.25, 0.3) is 0 Å². The van der Waals surface area contributed by atoms with Crippen LogP contribution in [0.5, 0.6) is 0 Å². The first kappa shape index (κ1) is 12.5. The number of rotatable bonds is 2. The summed E-state index contributed by atoms with van der Waals surface area (Å²) in [6, 6.07) is 3.99. The van der Waals surface area contributed by atoms with Crippen LogP contribution in [-0.4, -0.2) is 14.8 Å². The molecule has 0 saturated heterocycles. The molecule has 1 N–H and O–H groups in total. The number of aryl methyl sites for hydroxylation is 1. The van der Waals surface area contributed by atoms with Gasteiger partial charge in [0.05, 0.1) is 12.6 Å². The first-order valence-electron chi connectivity index (χ1n) is 6.73. The van der Waals surface area contributed by atoms with Gasteiger partial charge >= 0.3 is 0 Å². The largest absolute Gasteiger partial charge is 0.388 e. The van der Waals surface area contributed by atoms with Crippen molar-refractivity contribution in [2.75, 3.05) is 0 Å². The quantitative estimate of drug-likeness (QED) is 0.903. The molecule has 1 aliphatic rings. The van der Waals surface area contributed by atoms with Gasteiger partial charge in [-0.3, -0.25) is 0 Å². The lowest BCUT2D eigenvalue weighted by molar-refractivity contribution is 0.0981. The average Bonchev–Trinajstić information content (AvgIpc) is 2.86. The van der Waals surface area contributed by atoms with Crippen LogP contribution in [0.25, 0.3) is 0 Å². The second-order valence-corrected chi connectivity index (χ2v) is 6.34. The van der Waals surface area contributed by atoms with Crippen LogP contribution in [0.4, 0.5) is 0 Å². The van der Waals surface area contributed by atoms with Crippen molar-refractivity contribution in [3.05, 3.63) is 41.0 Å². The second kappa shape index (κ2) is 4.23. The predicted octanol–water partition coefficient (Wildman–Crippen LogP) is 2.84. The Hall–Kier alpha value is -1.55. The molecule has 1 unspecified atom stereocenters. The van der Waals surface area contributed by atoms with Crippen LogP contribution in [0.1, 0.15) is 49.1 Å². The van der Waals surface area contributed by atoms with Gasteiger partial charge in [-0.05, 0) is 31.2 Å². The van der Waals surface area contributed by atoms with Crippen molar-refractivity contribution in [2.24, 2.45) is 5.41 Å². The molecule has 0 aliphatic heterocycles. The van der Waals surface area contributed by atoms with E-state index in [4.69, 9.17) is 4.52 Å². The van der Waals surface area contributed by atoms with E-state index in [9.17, 15) is 5.11 Å². The Morgan fingerprint density at radius 3 is 3.00 bits per heavy atom. The van der Waals surface area contributed by atoms with E-state index in [0.717, 1.165) is 29.9 Å². The minimum absolute atomic E-state index is 0.141. The number of aliphatic hydroxyl groups excluding tert-OH is 1. The van der Waals surface area contributed by atoms with E-state index in [1.165, 1.54) is 5.69 Å². The highest BCUT2D eigenvalue weighted by Gasteiger charge is 2.33. The minimum atomic E-state index is -0.348. The van der Waals surface area contributed by atoms with E-state index in [1.807, 2.05) is 25.3 Å². The van der Waals surface area contributed by atoms with Gasteiger partial charge in [0.2, 0.25) is 0 Å². The third-order valence-electron chi connectivity index (χ3n) is 3.87. The smallest absolute Gasteiger partial charge is 0.133 e. The van der Waals surface area contributed by atoms with Crippen LogP contribution < -0.4 is 0 Å². The minimum Gasteiger partial charge on any atom is -0.388 e. The fraction of sp³-hybridized carbons (Fsp3) is 0.533. The van der Waals surface area contributed by atoms with E-state index in [1.54, 1.807) is 0 Å². The van der Waals surface area contributed by atoms with Gasteiger partial charge in [0.1, 0.15) is 11.5 Å². The molecule has 2 heterocycles. The fourth-order valence-corrected chi connectivity index (χ4v) is 3.00. The molecule has 0 saturated carbocycles. The van der Waals surface area contributed by atoms with Gasteiger partial charge in [0.15, 0.2) is 0 Å². The molecular formula is C15H20N2O2. The molecule has 0 radical (unpaired) electrons. The summed E-state index contributed by atoms with van der Waals surface area (Å²) in [5.74, 6) is 0.830. The zero-order valence-electron chi connectivity index (χ0n) is 11.7. The zero-order valence-corrected chi connectivity index (χ0v) is 11.7. The summed E-state index contributed by atoms with van der Waals surface area (Å²) in [7, 11) is 0. The highest BCUT2D eigenvalue weighted by Crippen LogP contribution is 2.41. The number of fused-ring (bicyclic) bond motifs is 1. The topological polar surface area (TPSA) is 51.2 Å². The van der Waals surface area contributed by atoms with E-state index >= 15 is 0 Å². The number of aromatic nitrogens is 2. The van der Waals surface area contributed by atoms with Crippen LogP contribution in [0.15, 0.2) is 22.9 Å². The highest BCUT2D eigenvalue weighted by molar-refractivity contribution is 5.29. The first-order chi connectivity index (χ1) is 8.94. The highest BCUT2D eigenvalue weighted by atomic mass is 16.5. The van der Waals surface area contributed by atoms with Crippen LogP contribution in [-0.2, 0) is 13.0 Å². The summed E-state index contributed by atoms with van der Waals surface area (Å²) in [6.07, 6.45) is 3.51. The first-order valence-corrected chi connectivity index (χ1v) is 6.73. The summed E-state index contributed by atoms with van der Waals surface area (Å²) in [5, 5.41) is 14.3. The Kier molecular flexibility index (Phi) is 2.78. The zero-order chi connectivity index (χ0) is 13.6. The number of nitrogens with zero attached hydrogens (tertiary/aromatic N) is 2. The Labute approximate surface area is 113 Å². The predicted molar refractivity (Wildman–Crippen MR) is 71.8 cm³/mol. The SMILES string of the molecule is Cc1cc(Cn2ccc3c2CC(C)(C)CC3O)no1. The van der Waals surface area contributed by atoms with E-state index in [0.29, 0.717) is 6.54 Å². The van der Waals surface area contributed by atoms with Crippen molar-refractivity contribution in [1.29, 1.82) is 0 Å². The molecule has 19 heavy (non-hydrogen) atoms. The van der Waals surface area contributed by atoms with Crippen molar-refractivity contribution in [3.8, 4) is 0 Å². The maximum atomic E-state index is 10.2. The molecule has 0 fully saturated rings. The molecule has 4 heteroatoms. The summed E-state index contributed by atoms with van der Waals surface area (Å²) < 4.78 is 7.28. The molecule has 0 spiro atoms. The van der Waals surface area contributed by atoms with Gasteiger partial charge in [-0.25, -0.2) is 0 Å². The lowest BCUT2D eigenvalue weighted by Crippen LogP contribution is -2.26. The van der Waals surface area contributed by atoms with E-state index in [-0.39, 0.29) is 11.5 Å². The van der Waals surface area contributed by atoms with Crippen LogP contribution >= 0.6 is 0 Å². The summed E-state index contributed by atoms with van der Waals surface area (Å²) in [4.78, 5) is 0. The average molecular weight is 260 g/mol. The van der Waals surface area contributed by atoms with Gasteiger partial charge in [-0.1, -0.05) is 19.0 Å².